The van der Waals surface area contributed by atoms with Crippen LogP contribution in [0.1, 0.15) is 32.1 Å². The number of esters is 2. The van der Waals surface area contributed by atoms with Crippen LogP contribution in [0, 0.1) is 13.8 Å². The van der Waals surface area contributed by atoms with Crippen LogP contribution >= 0.6 is 0 Å². The van der Waals surface area contributed by atoms with Gasteiger partial charge in [0, 0.05) is 5.69 Å². The zero-order chi connectivity index (χ0) is 18.6. The number of ether oxygens (including phenoxy) is 2. The number of hydrogen-bond donors (Lipinski definition) is 1. The normalized spacial score (nSPS) is 10.2. The molecule has 0 aliphatic carbocycles. The van der Waals surface area contributed by atoms with Gasteiger partial charge in [0.2, 0.25) is 11.6 Å². The van der Waals surface area contributed by atoms with Crippen molar-refractivity contribution in [3.8, 4) is 0 Å². The van der Waals surface area contributed by atoms with Gasteiger partial charge in [-0.25, -0.2) is 14.3 Å². The third kappa shape index (κ3) is 4.00. The standard InChI is InChI=1S/C16H18N4O5/c1-9-5-6-11(10(2)7-9)17-12(21)8-20-14(16(23)25-4)13(18-19-20)15(22)24-3/h5-7H,8H2,1-4H3,(H,17,21). The molecule has 0 spiro atoms. The lowest BCUT2D eigenvalue weighted by atomic mass is 10.1. The molecule has 1 amide bonds. The quantitative estimate of drug-likeness (QED) is 0.807. The topological polar surface area (TPSA) is 112 Å². The molecule has 1 N–H and O–H groups in total. The van der Waals surface area contributed by atoms with E-state index in [-0.39, 0.29) is 17.9 Å². The molecule has 2 rings (SSSR count). The van der Waals surface area contributed by atoms with Crippen molar-refractivity contribution in [1.29, 1.82) is 0 Å². The Morgan fingerprint density at radius 2 is 1.80 bits per heavy atom. The van der Waals surface area contributed by atoms with Crippen molar-refractivity contribution in [2.24, 2.45) is 0 Å². The number of anilines is 1. The molecule has 0 aliphatic heterocycles. The smallest absolute Gasteiger partial charge is 0.361 e. The zero-order valence-electron chi connectivity index (χ0n) is 14.3. The number of benzene rings is 1. The molecular formula is C16H18N4O5. The summed E-state index contributed by atoms with van der Waals surface area (Å²) in [6.07, 6.45) is 0. The Kier molecular flexibility index (Phi) is 5.48. The first-order valence-corrected chi connectivity index (χ1v) is 7.34. The maximum absolute atomic E-state index is 12.3. The lowest BCUT2D eigenvalue weighted by Crippen LogP contribution is -2.24. The second-order valence-corrected chi connectivity index (χ2v) is 5.29. The Labute approximate surface area is 143 Å². The lowest BCUT2D eigenvalue weighted by Gasteiger charge is -2.10. The average molecular weight is 346 g/mol. The lowest BCUT2D eigenvalue weighted by molar-refractivity contribution is -0.117. The highest BCUT2D eigenvalue weighted by Gasteiger charge is 2.27. The Morgan fingerprint density at radius 1 is 1.12 bits per heavy atom. The van der Waals surface area contributed by atoms with Gasteiger partial charge >= 0.3 is 11.9 Å². The SMILES string of the molecule is COC(=O)c1nnn(CC(=O)Nc2ccc(C)cc2C)c1C(=O)OC. The maximum Gasteiger partial charge on any atom is 0.361 e. The first-order chi connectivity index (χ1) is 11.9. The fraction of sp³-hybridized carbons (Fsp3) is 0.312. The Hall–Kier alpha value is -3.23. The number of nitrogens with one attached hydrogen (secondary N) is 1. The third-order valence-corrected chi connectivity index (χ3v) is 3.44. The first kappa shape index (κ1) is 18.1. The molecule has 25 heavy (non-hydrogen) atoms. The van der Waals surface area contributed by atoms with Gasteiger partial charge in [-0.05, 0) is 25.5 Å². The van der Waals surface area contributed by atoms with E-state index in [1.54, 1.807) is 6.07 Å². The molecule has 0 fully saturated rings. The first-order valence-electron chi connectivity index (χ1n) is 7.34. The highest BCUT2D eigenvalue weighted by molar-refractivity contribution is 6.01. The van der Waals surface area contributed by atoms with Gasteiger partial charge in [0.15, 0.2) is 5.69 Å². The summed E-state index contributed by atoms with van der Waals surface area (Å²) >= 11 is 0. The second kappa shape index (κ2) is 7.56. The summed E-state index contributed by atoms with van der Waals surface area (Å²) < 4.78 is 10.2. The molecule has 9 heteroatoms. The molecule has 0 atom stereocenters. The molecule has 9 nitrogen and oxygen atoms in total. The van der Waals surface area contributed by atoms with Gasteiger partial charge in [0.25, 0.3) is 0 Å². The Balaban J connectivity index is 2.24. The maximum atomic E-state index is 12.3. The largest absolute Gasteiger partial charge is 0.464 e. The van der Waals surface area contributed by atoms with Gasteiger partial charge in [-0.2, -0.15) is 0 Å². The summed E-state index contributed by atoms with van der Waals surface area (Å²) in [5.41, 5.74) is 2.06. The van der Waals surface area contributed by atoms with Crippen LogP contribution in [0.5, 0.6) is 0 Å². The summed E-state index contributed by atoms with van der Waals surface area (Å²) in [7, 11) is 2.30. The number of rotatable bonds is 5. The van der Waals surface area contributed by atoms with Crippen molar-refractivity contribution < 1.29 is 23.9 Å². The van der Waals surface area contributed by atoms with Crippen molar-refractivity contribution in [1.82, 2.24) is 15.0 Å². The van der Waals surface area contributed by atoms with E-state index < -0.39 is 17.8 Å². The number of amides is 1. The molecule has 0 saturated heterocycles. The van der Waals surface area contributed by atoms with Crippen LogP contribution in [0.2, 0.25) is 0 Å². The molecule has 0 aliphatic rings. The van der Waals surface area contributed by atoms with Crippen LogP contribution in [-0.4, -0.2) is 47.1 Å². The van der Waals surface area contributed by atoms with Gasteiger partial charge in [0.1, 0.15) is 6.54 Å². The van der Waals surface area contributed by atoms with Crippen molar-refractivity contribution in [2.75, 3.05) is 19.5 Å². The molecule has 0 bridgehead atoms. The summed E-state index contributed by atoms with van der Waals surface area (Å²) in [5, 5.41) is 10.0. The van der Waals surface area contributed by atoms with Crippen LogP contribution in [0.15, 0.2) is 18.2 Å². The van der Waals surface area contributed by atoms with Crippen molar-refractivity contribution in [3.05, 3.63) is 40.7 Å². The van der Waals surface area contributed by atoms with Crippen LogP contribution in [0.25, 0.3) is 0 Å². The number of carbonyl (C=O) groups excluding carboxylic acids is 3. The number of hydrogen-bond acceptors (Lipinski definition) is 7. The number of aromatic nitrogens is 3. The molecule has 0 radical (unpaired) electrons. The molecule has 132 valence electrons. The predicted octanol–water partition coefficient (Wildman–Crippen LogP) is 1.11. The second-order valence-electron chi connectivity index (χ2n) is 5.29. The highest BCUT2D eigenvalue weighted by atomic mass is 16.5. The van der Waals surface area contributed by atoms with Gasteiger partial charge in [-0.15, -0.1) is 5.10 Å². The summed E-state index contributed by atoms with van der Waals surface area (Å²) in [6, 6.07) is 5.58. The molecule has 1 heterocycles. The van der Waals surface area contributed by atoms with Gasteiger partial charge in [-0.3, -0.25) is 4.79 Å². The van der Waals surface area contributed by atoms with Crippen LogP contribution in [-0.2, 0) is 20.8 Å². The minimum absolute atomic E-state index is 0.245. The fourth-order valence-electron chi connectivity index (χ4n) is 2.24. The molecular weight excluding hydrogens is 328 g/mol. The summed E-state index contributed by atoms with van der Waals surface area (Å²) in [6.45, 7) is 3.50. The predicted molar refractivity (Wildman–Crippen MR) is 87.2 cm³/mol. The number of carbonyl (C=O) groups is 3. The Bertz CT molecular complexity index is 828. The highest BCUT2D eigenvalue weighted by Crippen LogP contribution is 2.16. The fourth-order valence-corrected chi connectivity index (χ4v) is 2.24. The van der Waals surface area contributed by atoms with E-state index in [2.05, 4.69) is 25.1 Å². The van der Waals surface area contributed by atoms with Crippen LogP contribution in [0.3, 0.4) is 0 Å². The number of nitrogens with zero attached hydrogens (tertiary/aromatic N) is 3. The monoisotopic (exact) mass is 346 g/mol. The molecule has 1 aromatic carbocycles. The van der Waals surface area contributed by atoms with Crippen molar-refractivity contribution >= 4 is 23.5 Å². The molecule has 2 aromatic rings. The van der Waals surface area contributed by atoms with Crippen LogP contribution < -0.4 is 5.32 Å². The van der Waals surface area contributed by atoms with Gasteiger partial charge in [0.05, 0.1) is 14.2 Å². The third-order valence-electron chi connectivity index (χ3n) is 3.44. The van der Waals surface area contributed by atoms with Gasteiger partial charge in [-0.1, -0.05) is 22.9 Å². The van der Waals surface area contributed by atoms with Crippen molar-refractivity contribution in [3.63, 3.8) is 0 Å². The van der Waals surface area contributed by atoms with E-state index >= 15 is 0 Å². The van der Waals surface area contributed by atoms with Gasteiger partial charge < -0.3 is 14.8 Å². The van der Waals surface area contributed by atoms with Crippen molar-refractivity contribution in [2.45, 2.75) is 20.4 Å². The number of methoxy groups -OCH3 is 2. The van der Waals surface area contributed by atoms with E-state index in [0.29, 0.717) is 5.69 Å². The summed E-state index contributed by atoms with van der Waals surface area (Å²) in [5.74, 6) is -2.12. The van der Waals surface area contributed by atoms with E-state index in [0.717, 1.165) is 30.0 Å². The van der Waals surface area contributed by atoms with E-state index in [4.69, 9.17) is 0 Å². The van der Waals surface area contributed by atoms with E-state index in [1.165, 1.54) is 0 Å². The Morgan fingerprint density at radius 3 is 2.40 bits per heavy atom. The molecule has 0 saturated carbocycles. The minimum atomic E-state index is -0.846. The minimum Gasteiger partial charge on any atom is -0.464 e. The van der Waals surface area contributed by atoms with E-state index in [9.17, 15) is 14.4 Å². The zero-order valence-corrected chi connectivity index (χ0v) is 14.3. The average Bonchev–Trinajstić information content (AvgIpc) is 2.99. The molecule has 0 unspecified atom stereocenters. The molecule has 1 aromatic heterocycles. The van der Waals surface area contributed by atoms with Crippen LogP contribution in [0.4, 0.5) is 5.69 Å². The van der Waals surface area contributed by atoms with E-state index in [1.807, 2.05) is 26.0 Å². The summed E-state index contributed by atoms with van der Waals surface area (Å²) in [4.78, 5) is 35.8. The number of aryl methyl sites for hydroxylation is 2.